The van der Waals surface area contributed by atoms with Crippen molar-refractivity contribution in [1.82, 2.24) is 19.7 Å². The van der Waals surface area contributed by atoms with Crippen LogP contribution < -0.4 is 4.74 Å². The lowest BCUT2D eigenvalue weighted by molar-refractivity contribution is -0.385. The van der Waals surface area contributed by atoms with Gasteiger partial charge in [0.05, 0.1) is 4.92 Å². The fourth-order valence-corrected chi connectivity index (χ4v) is 3.41. The minimum Gasteiger partial charge on any atom is -0.486 e. The second kappa shape index (κ2) is 8.53. The zero-order chi connectivity index (χ0) is 20.1. The van der Waals surface area contributed by atoms with Gasteiger partial charge in [0.1, 0.15) is 23.6 Å². The van der Waals surface area contributed by atoms with Gasteiger partial charge in [0.25, 0.3) is 5.69 Å². The third kappa shape index (κ3) is 4.41. The van der Waals surface area contributed by atoms with E-state index in [-0.39, 0.29) is 12.3 Å². The van der Waals surface area contributed by atoms with Crippen LogP contribution in [-0.2, 0) is 6.61 Å². The van der Waals surface area contributed by atoms with Crippen LogP contribution in [0.2, 0.25) is 0 Å². The van der Waals surface area contributed by atoms with Crippen molar-refractivity contribution < 1.29 is 9.66 Å². The van der Waals surface area contributed by atoms with Gasteiger partial charge in [-0.05, 0) is 42.1 Å². The summed E-state index contributed by atoms with van der Waals surface area (Å²) in [5.74, 6) is 1.37. The summed E-state index contributed by atoms with van der Waals surface area (Å²) in [4.78, 5) is 14.5. The van der Waals surface area contributed by atoms with Gasteiger partial charge < -0.3 is 4.74 Å². The average molecular weight is 405 g/mol. The minimum atomic E-state index is -0.479. The van der Waals surface area contributed by atoms with Crippen LogP contribution in [0.25, 0.3) is 5.69 Å². The highest BCUT2D eigenvalue weighted by Gasteiger charge is 2.17. The van der Waals surface area contributed by atoms with Crippen molar-refractivity contribution in [3.63, 3.8) is 0 Å². The lowest BCUT2D eigenvalue weighted by atomic mass is 10.3. The number of hydrogen-bond acceptors (Lipinski definition) is 7. The Morgan fingerprint density at radius 1 is 0.966 bits per heavy atom. The number of aromatic nitrogens is 4. The van der Waals surface area contributed by atoms with Crippen molar-refractivity contribution in [3.05, 3.63) is 94.9 Å². The molecular formula is C20H15N5O3S. The highest BCUT2D eigenvalue weighted by atomic mass is 32.2. The lowest BCUT2D eigenvalue weighted by Gasteiger charge is -2.11. The summed E-state index contributed by atoms with van der Waals surface area (Å²) in [5.41, 5.74) is 0.824. The molecule has 2 heterocycles. The first kappa shape index (κ1) is 18.6. The van der Waals surface area contributed by atoms with Gasteiger partial charge in [-0.2, -0.15) is 0 Å². The standard InChI is InChI=1S/C20H15N5O3S/c26-25(27)16-11-12-19(21-13-16)29-20-23-22-18(14-28-17-9-5-2-6-10-17)24(20)15-7-3-1-4-8-15/h1-13H,14H2. The predicted molar refractivity (Wildman–Crippen MR) is 107 cm³/mol. The highest BCUT2D eigenvalue weighted by Crippen LogP contribution is 2.29. The fraction of sp³-hybridized carbons (Fsp3) is 0.0500. The van der Waals surface area contributed by atoms with E-state index in [4.69, 9.17) is 4.74 Å². The van der Waals surface area contributed by atoms with Gasteiger partial charge in [-0.1, -0.05) is 36.4 Å². The van der Waals surface area contributed by atoms with E-state index < -0.39 is 4.92 Å². The van der Waals surface area contributed by atoms with E-state index in [9.17, 15) is 10.1 Å². The molecule has 9 heteroatoms. The molecule has 0 radical (unpaired) electrons. The lowest BCUT2D eigenvalue weighted by Crippen LogP contribution is -2.06. The number of pyridine rings is 1. The topological polar surface area (TPSA) is 96.0 Å². The van der Waals surface area contributed by atoms with E-state index >= 15 is 0 Å². The van der Waals surface area contributed by atoms with Crippen LogP contribution in [0.1, 0.15) is 5.82 Å². The Balaban J connectivity index is 1.63. The number of hydrogen-bond donors (Lipinski definition) is 0. The second-order valence-corrected chi connectivity index (χ2v) is 6.87. The van der Waals surface area contributed by atoms with Crippen LogP contribution in [0.3, 0.4) is 0 Å². The molecule has 0 saturated heterocycles. The molecule has 4 rings (SSSR count). The smallest absolute Gasteiger partial charge is 0.287 e. The highest BCUT2D eigenvalue weighted by molar-refractivity contribution is 7.99. The molecule has 0 aliphatic heterocycles. The first-order valence-electron chi connectivity index (χ1n) is 8.66. The van der Waals surface area contributed by atoms with Crippen LogP contribution in [-0.4, -0.2) is 24.7 Å². The van der Waals surface area contributed by atoms with Gasteiger partial charge in [0.15, 0.2) is 5.82 Å². The van der Waals surface area contributed by atoms with Crippen LogP contribution in [0, 0.1) is 10.1 Å². The Labute approximate surface area is 170 Å². The first-order valence-corrected chi connectivity index (χ1v) is 9.48. The summed E-state index contributed by atoms with van der Waals surface area (Å²) in [6, 6.07) is 22.2. The van der Waals surface area contributed by atoms with Crippen molar-refractivity contribution in [2.45, 2.75) is 16.8 Å². The maximum Gasteiger partial charge on any atom is 0.287 e. The molecule has 0 aliphatic rings. The average Bonchev–Trinajstić information content (AvgIpc) is 3.16. The van der Waals surface area contributed by atoms with Gasteiger partial charge in [-0.15, -0.1) is 10.2 Å². The largest absolute Gasteiger partial charge is 0.486 e. The fourth-order valence-electron chi connectivity index (χ4n) is 2.60. The quantitative estimate of drug-likeness (QED) is 0.334. The molecule has 2 aromatic heterocycles. The molecule has 0 spiro atoms. The molecule has 2 aromatic carbocycles. The van der Waals surface area contributed by atoms with Crippen LogP contribution in [0.5, 0.6) is 5.75 Å². The molecule has 4 aromatic rings. The van der Waals surface area contributed by atoms with Gasteiger partial charge in [-0.3, -0.25) is 14.7 Å². The van der Waals surface area contributed by atoms with E-state index in [1.165, 1.54) is 24.0 Å². The van der Waals surface area contributed by atoms with E-state index in [2.05, 4.69) is 15.2 Å². The first-order chi connectivity index (χ1) is 14.2. The minimum absolute atomic E-state index is 0.0594. The van der Waals surface area contributed by atoms with Gasteiger partial charge in [-0.25, -0.2) is 4.98 Å². The summed E-state index contributed by atoms with van der Waals surface area (Å²) >= 11 is 1.27. The van der Waals surface area contributed by atoms with Crippen LogP contribution in [0.4, 0.5) is 5.69 Å². The molecular weight excluding hydrogens is 390 g/mol. The Morgan fingerprint density at radius 3 is 2.34 bits per heavy atom. The zero-order valence-electron chi connectivity index (χ0n) is 15.1. The summed E-state index contributed by atoms with van der Waals surface area (Å²) < 4.78 is 7.72. The third-order valence-corrected chi connectivity index (χ3v) is 4.85. The van der Waals surface area contributed by atoms with Crippen molar-refractivity contribution in [2.24, 2.45) is 0 Å². The molecule has 0 atom stereocenters. The van der Waals surface area contributed by atoms with Crippen molar-refractivity contribution >= 4 is 17.4 Å². The SMILES string of the molecule is O=[N+]([O-])c1ccc(Sc2nnc(COc3ccccc3)n2-c2ccccc2)nc1. The monoisotopic (exact) mass is 405 g/mol. The Morgan fingerprint density at radius 2 is 1.69 bits per heavy atom. The number of rotatable bonds is 7. The molecule has 29 heavy (non-hydrogen) atoms. The number of benzene rings is 2. The van der Waals surface area contributed by atoms with Crippen molar-refractivity contribution in [3.8, 4) is 11.4 Å². The molecule has 0 bridgehead atoms. The van der Waals surface area contributed by atoms with E-state index in [0.717, 1.165) is 11.4 Å². The number of ether oxygens (including phenoxy) is 1. The third-order valence-electron chi connectivity index (χ3n) is 3.95. The molecule has 144 valence electrons. The summed E-state index contributed by atoms with van der Waals surface area (Å²) in [6.07, 6.45) is 1.23. The summed E-state index contributed by atoms with van der Waals surface area (Å²) in [6.45, 7) is 0.236. The molecule has 0 aliphatic carbocycles. The number of nitrogens with zero attached hydrogens (tertiary/aromatic N) is 5. The number of nitro groups is 1. The maximum absolute atomic E-state index is 10.8. The maximum atomic E-state index is 10.8. The van der Waals surface area contributed by atoms with E-state index in [1.54, 1.807) is 6.07 Å². The molecule has 8 nitrogen and oxygen atoms in total. The Kier molecular flexibility index (Phi) is 5.48. The second-order valence-electron chi connectivity index (χ2n) is 5.89. The van der Waals surface area contributed by atoms with E-state index in [0.29, 0.717) is 16.0 Å². The predicted octanol–water partition coefficient (Wildman–Crippen LogP) is 4.30. The normalized spacial score (nSPS) is 10.6. The van der Waals surface area contributed by atoms with E-state index in [1.807, 2.05) is 65.2 Å². The molecule has 0 N–H and O–H groups in total. The molecule has 0 saturated carbocycles. The number of para-hydroxylation sites is 2. The van der Waals surface area contributed by atoms with Crippen molar-refractivity contribution in [1.29, 1.82) is 0 Å². The Bertz CT molecular complexity index is 1100. The summed E-state index contributed by atoms with van der Waals surface area (Å²) in [7, 11) is 0. The van der Waals surface area contributed by atoms with Crippen molar-refractivity contribution in [2.75, 3.05) is 0 Å². The molecule has 0 unspecified atom stereocenters. The van der Waals surface area contributed by atoms with Gasteiger partial charge >= 0.3 is 0 Å². The zero-order valence-corrected chi connectivity index (χ0v) is 15.9. The van der Waals surface area contributed by atoms with Gasteiger partial charge in [0, 0.05) is 11.8 Å². The van der Waals surface area contributed by atoms with Crippen LogP contribution in [0.15, 0.2) is 89.2 Å². The molecule has 0 amide bonds. The Hall–Kier alpha value is -3.72. The van der Waals surface area contributed by atoms with Crippen LogP contribution >= 0.6 is 11.8 Å². The molecule has 0 fully saturated rings. The van der Waals surface area contributed by atoms with Gasteiger partial charge in [0.2, 0.25) is 5.16 Å². The summed E-state index contributed by atoms with van der Waals surface area (Å²) in [5, 5.41) is 20.5.